The van der Waals surface area contributed by atoms with Crippen LogP contribution in [-0.4, -0.2) is 7.05 Å². The maximum Gasteiger partial charge on any atom is 0.0513 e. The van der Waals surface area contributed by atoms with Gasteiger partial charge in [0.1, 0.15) is 0 Å². The number of hydrogen-bond donors (Lipinski definition) is 1. The normalized spacial score (nSPS) is 19.4. The number of anilines is 1. The van der Waals surface area contributed by atoms with Gasteiger partial charge < -0.3 is 5.01 Å². The Kier molecular flexibility index (Phi) is 12.5. The molecule has 3 aliphatic rings. The summed E-state index contributed by atoms with van der Waals surface area (Å²) in [6, 6.07) is 29.1. The molecule has 3 aliphatic carbocycles. The molecule has 0 radical (unpaired) electrons. The topological polar surface area (TPSA) is 29.3 Å². The van der Waals surface area contributed by atoms with Crippen molar-refractivity contribution < 1.29 is 0 Å². The first kappa shape index (κ1) is 31.2. The summed E-state index contributed by atoms with van der Waals surface area (Å²) in [5.41, 5.74) is 7.34. The number of nitrogens with two attached hydrogens (primary N) is 1. The highest BCUT2D eigenvalue weighted by atomic mass is 15.4. The van der Waals surface area contributed by atoms with Crippen molar-refractivity contribution in [2.24, 2.45) is 17.7 Å². The van der Waals surface area contributed by atoms with Gasteiger partial charge in [0.2, 0.25) is 0 Å². The minimum atomic E-state index is 0.441. The number of benzene rings is 3. The second kappa shape index (κ2) is 16.0. The van der Waals surface area contributed by atoms with E-state index < -0.39 is 0 Å². The molecule has 0 amide bonds. The second-order valence-corrected chi connectivity index (χ2v) is 11.3. The molecule has 0 aromatic heterocycles. The number of hydrogen-bond acceptors (Lipinski definition) is 2. The van der Waals surface area contributed by atoms with Crippen LogP contribution >= 0.6 is 0 Å². The number of rotatable bonds is 4. The lowest BCUT2D eigenvalue weighted by molar-refractivity contribution is 0.559. The molecule has 212 valence electrons. The molecule has 1 unspecified atom stereocenters. The predicted molar refractivity (Wildman–Crippen MR) is 176 cm³/mol. The summed E-state index contributed by atoms with van der Waals surface area (Å²) in [5, 5.41) is 1.58. The van der Waals surface area contributed by atoms with Crippen molar-refractivity contribution in [2.75, 3.05) is 12.1 Å². The Bertz CT molecular complexity index is 1190. The van der Waals surface area contributed by atoms with E-state index in [4.69, 9.17) is 5.84 Å². The minimum Gasteiger partial charge on any atom is -0.314 e. The average molecular weight is 535 g/mol. The fourth-order valence-corrected chi connectivity index (χ4v) is 6.01. The second-order valence-electron chi connectivity index (χ2n) is 11.3. The van der Waals surface area contributed by atoms with E-state index >= 15 is 0 Å². The molecule has 0 aliphatic heterocycles. The van der Waals surface area contributed by atoms with Crippen LogP contribution in [0.5, 0.6) is 0 Å². The zero-order valence-electron chi connectivity index (χ0n) is 25.1. The first-order valence-electron chi connectivity index (χ1n) is 15.1. The Morgan fingerprint density at radius 1 is 0.900 bits per heavy atom. The fraction of sp³-hybridized carbons (Fsp3) is 0.368. The van der Waals surface area contributed by atoms with E-state index in [1.165, 1.54) is 61.6 Å². The smallest absolute Gasteiger partial charge is 0.0513 e. The molecule has 2 fully saturated rings. The molecule has 2 N–H and O–H groups in total. The predicted octanol–water partition coefficient (Wildman–Crippen LogP) is 9.94. The minimum absolute atomic E-state index is 0.441. The van der Waals surface area contributed by atoms with Crippen molar-refractivity contribution in [3.05, 3.63) is 133 Å². The Balaban J connectivity index is 0.000000150. The first-order valence-corrected chi connectivity index (χ1v) is 15.1. The third-order valence-corrected chi connectivity index (χ3v) is 8.50. The number of aryl methyl sites for hydroxylation is 1. The van der Waals surface area contributed by atoms with Gasteiger partial charge in [0.15, 0.2) is 0 Å². The van der Waals surface area contributed by atoms with Crippen molar-refractivity contribution >= 4 is 11.8 Å². The molecule has 6 rings (SSSR count). The summed E-state index contributed by atoms with van der Waals surface area (Å²) in [4.78, 5) is 0. The highest BCUT2D eigenvalue weighted by Crippen LogP contribution is 2.47. The molecule has 0 heterocycles. The van der Waals surface area contributed by atoms with Crippen LogP contribution in [0.1, 0.15) is 75.5 Å². The van der Waals surface area contributed by atoms with E-state index in [2.05, 4.69) is 93.8 Å². The maximum absolute atomic E-state index is 5.45. The van der Waals surface area contributed by atoms with Gasteiger partial charge in [-0.2, -0.15) is 0 Å². The molecule has 3 aromatic rings. The third kappa shape index (κ3) is 8.83. The number of allylic oxidation sites excluding steroid dienone is 3. The Morgan fingerprint density at radius 3 is 1.98 bits per heavy atom. The number of nitrogens with zero attached hydrogens (tertiary/aromatic N) is 1. The van der Waals surface area contributed by atoms with Crippen LogP contribution in [0.25, 0.3) is 6.08 Å². The molecular formula is C38H50N2. The summed E-state index contributed by atoms with van der Waals surface area (Å²) < 4.78 is 0. The molecule has 1 spiro atoms. The van der Waals surface area contributed by atoms with Gasteiger partial charge in [-0.3, -0.25) is 0 Å². The molecule has 0 saturated heterocycles. The third-order valence-electron chi connectivity index (χ3n) is 8.50. The zero-order chi connectivity index (χ0) is 28.8. The van der Waals surface area contributed by atoms with E-state index in [0.29, 0.717) is 5.41 Å². The molecule has 2 heteroatoms. The van der Waals surface area contributed by atoms with Gasteiger partial charge in [-0.15, -0.1) is 6.58 Å². The highest BCUT2D eigenvalue weighted by Gasteiger charge is 2.36. The van der Waals surface area contributed by atoms with Crippen LogP contribution in [0.4, 0.5) is 5.69 Å². The monoisotopic (exact) mass is 534 g/mol. The number of hydrazine groups is 1. The lowest BCUT2D eigenvalue weighted by Gasteiger charge is -2.22. The first-order chi connectivity index (χ1) is 19.4. The van der Waals surface area contributed by atoms with Crippen LogP contribution in [0.3, 0.4) is 0 Å². The quantitative estimate of drug-likeness (QED) is 0.205. The van der Waals surface area contributed by atoms with E-state index in [1.54, 1.807) is 10.6 Å². The van der Waals surface area contributed by atoms with Gasteiger partial charge in [0.05, 0.1) is 5.69 Å². The van der Waals surface area contributed by atoms with E-state index in [9.17, 15) is 0 Å². The van der Waals surface area contributed by atoms with Gasteiger partial charge in [0.25, 0.3) is 0 Å². The van der Waals surface area contributed by atoms with Gasteiger partial charge in [0, 0.05) is 12.5 Å². The van der Waals surface area contributed by atoms with Crippen molar-refractivity contribution in [3.8, 4) is 0 Å². The van der Waals surface area contributed by atoms with Gasteiger partial charge in [-0.25, -0.2) is 5.84 Å². The molecule has 2 atom stereocenters. The molecule has 2 saturated carbocycles. The molecule has 2 nitrogen and oxygen atoms in total. The number of para-hydroxylation sites is 1. The molecular weight excluding hydrogens is 484 g/mol. The van der Waals surface area contributed by atoms with E-state index in [0.717, 1.165) is 23.9 Å². The summed E-state index contributed by atoms with van der Waals surface area (Å²) >= 11 is 0. The summed E-state index contributed by atoms with van der Waals surface area (Å²) in [6.07, 6.45) is 17.2. The summed E-state index contributed by atoms with van der Waals surface area (Å²) in [6.45, 7) is 12.3. The van der Waals surface area contributed by atoms with Crippen LogP contribution in [0.15, 0.2) is 116 Å². The van der Waals surface area contributed by atoms with Crippen molar-refractivity contribution in [1.29, 1.82) is 0 Å². The molecule has 40 heavy (non-hydrogen) atoms. The zero-order valence-corrected chi connectivity index (χ0v) is 25.1. The Labute approximate surface area is 244 Å². The van der Waals surface area contributed by atoms with Gasteiger partial charge >= 0.3 is 0 Å². The highest BCUT2D eigenvalue weighted by molar-refractivity contribution is 5.65. The summed E-state index contributed by atoms with van der Waals surface area (Å²) in [5.74, 6) is 6.95. The molecule has 3 aromatic carbocycles. The van der Waals surface area contributed by atoms with Gasteiger partial charge in [-0.1, -0.05) is 130 Å². The van der Waals surface area contributed by atoms with Crippen LogP contribution in [0.2, 0.25) is 0 Å². The lowest BCUT2D eigenvalue weighted by Crippen LogP contribution is -2.24. The van der Waals surface area contributed by atoms with Gasteiger partial charge in [-0.05, 0) is 79.2 Å². The van der Waals surface area contributed by atoms with Crippen molar-refractivity contribution in [1.82, 2.24) is 0 Å². The Hall–Kier alpha value is -3.36. The number of fused-ring (bicyclic) bond motifs is 2. The fourth-order valence-electron chi connectivity index (χ4n) is 6.01. The SMILES string of the molecule is C1=CC2(CCCC2)c2ccccc21.C=CC1CC(=C)[C@H](CC)C1.CCc1ccccc1.CN(N)c1ccccc1. The Morgan fingerprint density at radius 2 is 1.50 bits per heavy atom. The average Bonchev–Trinajstić information content (AvgIpc) is 3.74. The van der Waals surface area contributed by atoms with Crippen LogP contribution in [-0.2, 0) is 11.8 Å². The maximum atomic E-state index is 5.45. The van der Waals surface area contributed by atoms with Crippen LogP contribution < -0.4 is 10.9 Å². The van der Waals surface area contributed by atoms with E-state index in [-0.39, 0.29) is 0 Å². The largest absolute Gasteiger partial charge is 0.314 e. The van der Waals surface area contributed by atoms with Crippen molar-refractivity contribution in [3.63, 3.8) is 0 Å². The van der Waals surface area contributed by atoms with Crippen molar-refractivity contribution in [2.45, 2.75) is 70.6 Å². The molecule has 0 bridgehead atoms. The lowest BCUT2D eigenvalue weighted by atomic mass is 9.81. The standard InChI is InChI=1S/C13H14.C10H16.C8H10.C7H10N2/c1-2-6-12-11(5-1)7-10-13(12)8-3-4-9-13;1-4-9-6-8(3)10(5-2)7-9;1-2-8-6-4-3-5-7-8;1-9(8)7-5-3-2-4-6-7/h1-2,5-7,10H,3-4,8-9H2;4,9-10H,1,3,5-7H2,2H3;3-7H,2H2,1H3;2-6H,8H2,1H3/t;9?,10-;;/m.1../s1. The summed E-state index contributed by atoms with van der Waals surface area (Å²) in [7, 11) is 1.81. The van der Waals surface area contributed by atoms with Crippen LogP contribution in [0, 0.1) is 11.8 Å². The van der Waals surface area contributed by atoms with E-state index in [1.807, 2.05) is 43.4 Å².